The molecule has 4 nitrogen and oxygen atoms in total. The van der Waals surface area contributed by atoms with Crippen LogP contribution in [0.4, 0.5) is 5.69 Å². The third kappa shape index (κ3) is 4.22. The summed E-state index contributed by atoms with van der Waals surface area (Å²) in [4.78, 5) is 26.1. The second-order valence-corrected chi connectivity index (χ2v) is 8.13. The number of esters is 1. The zero-order valence-corrected chi connectivity index (χ0v) is 18.6. The summed E-state index contributed by atoms with van der Waals surface area (Å²) in [7, 11) is 0. The van der Waals surface area contributed by atoms with Crippen LogP contribution in [-0.4, -0.2) is 18.0 Å². The summed E-state index contributed by atoms with van der Waals surface area (Å²) in [5.41, 5.74) is 2.31. The number of carbonyl (C=O) groups excluding carboxylic acids is 2. The summed E-state index contributed by atoms with van der Waals surface area (Å²) in [6.45, 7) is 5.84. The molecule has 4 aromatic rings. The number of hydrogen-bond acceptors (Lipinski definition) is 3. The van der Waals surface area contributed by atoms with E-state index in [-0.39, 0.29) is 5.91 Å². The number of ether oxygens (including phenoxy) is 1. The summed E-state index contributed by atoms with van der Waals surface area (Å²) < 4.78 is 5.66. The Morgan fingerprint density at radius 3 is 2.03 bits per heavy atom. The van der Waals surface area contributed by atoms with Gasteiger partial charge in [0.25, 0.3) is 5.91 Å². The van der Waals surface area contributed by atoms with Crippen molar-refractivity contribution in [3.8, 4) is 0 Å². The lowest BCUT2D eigenvalue weighted by Crippen LogP contribution is -2.30. The van der Waals surface area contributed by atoms with E-state index in [9.17, 15) is 9.59 Å². The molecule has 0 bridgehead atoms. The molecule has 0 heterocycles. The lowest BCUT2D eigenvalue weighted by Gasteiger charge is -2.19. The molecule has 32 heavy (non-hydrogen) atoms. The maximum absolute atomic E-state index is 13.3. The number of para-hydroxylation sites is 1. The predicted octanol–water partition coefficient (Wildman–Crippen LogP) is 6.69. The van der Waals surface area contributed by atoms with Crippen LogP contribution in [0.15, 0.2) is 78.9 Å². The monoisotopic (exact) mass is 425 g/mol. The minimum atomic E-state index is -0.940. The van der Waals surface area contributed by atoms with Crippen molar-refractivity contribution in [2.75, 3.05) is 5.32 Å². The zero-order chi connectivity index (χ0) is 22.7. The van der Waals surface area contributed by atoms with Gasteiger partial charge in [0.15, 0.2) is 6.10 Å². The number of fused-ring (bicyclic) bond motifs is 2. The maximum atomic E-state index is 13.3. The first kappa shape index (κ1) is 21.6. The molecule has 162 valence electrons. The molecule has 4 rings (SSSR count). The fourth-order valence-electron chi connectivity index (χ4n) is 4.00. The molecule has 1 amide bonds. The van der Waals surface area contributed by atoms with Crippen LogP contribution in [-0.2, 0) is 9.53 Å². The van der Waals surface area contributed by atoms with Gasteiger partial charge in [0.2, 0.25) is 0 Å². The van der Waals surface area contributed by atoms with Crippen LogP contribution in [0.5, 0.6) is 0 Å². The second-order valence-electron chi connectivity index (χ2n) is 8.13. The summed E-state index contributed by atoms with van der Waals surface area (Å²) in [6.07, 6.45) is 0.0243. The summed E-state index contributed by atoms with van der Waals surface area (Å²) in [5, 5.41) is 6.48. The van der Waals surface area contributed by atoms with Crippen LogP contribution in [0, 0.1) is 0 Å². The van der Waals surface area contributed by atoms with Crippen LogP contribution in [0.3, 0.4) is 0 Å². The van der Waals surface area contributed by atoms with E-state index in [1.807, 2.05) is 72.8 Å². The van der Waals surface area contributed by atoms with E-state index in [0.29, 0.717) is 11.5 Å². The molecule has 0 aliphatic heterocycles. The first-order valence-electron chi connectivity index (χ1n) is 11.0. The van der Waals surface area contributed by atoms with Crippen molar-refractivity contribution in [1.82, 2.24) is 0 Å². The smallest absolute Gasteiger partial charge is 0.340 e. The third-order valence-electron chi connectivity index (χ3n) is 5.99. The number of carbonyl (C=O) groups is 2. The van der Waals surface area contributed by atoms with Gasteiger partial charge in [-0.3, -0.25) is 4.79 Å². The minimum Gasteiger partial charge on any atom is -0.449 e. The largest absolute Gasteiger partial charge is 0.449 e. The van der Waals surface area contributed by atoms with Crippen LogP contribution < -0.4 is 5.32 Å². The minimum absolute atomic E-state index is 0.311. The highest BCUT2D eigenvalue weighted by atomic mass is 16.5. The van der Waals surface area contributed by atoms with Gasteiger partial charge in [-0.15, -0.1) is 0 Å². The van der Waals surface area contributed by atoms with Gasteiger partial charge in [-0.25, -0.2) is 4.79 Å². The zero-order valence-electron chi connectivity index (χ0n) is 18.6. The van der Waals surface area contributed by atoms with Crippen LogP contribution in [0.2, 0.25) is 0 Å². The summed E-state index contributed by atoms with van der Waals surface area (Å²) >= 11 is 0. The Balaban J connectivity index is 1.61. The molecule has 0 saturated carbocycles. The highest BCUT2D eigenvalue weighted by Gasteiger charge is 2.23. The highest BCUT2D eigenvalue weighted by Crippen LogP contribution is 2.30. The van der Waals surface area contributed by atoms with Gasteiger partial charge in [0.1, 0.15) is 0 Å². The average Bonchev–Trinajstić information content (AvgIpc) is 2.82. The van der Waals surface area contributed by atoms with Crippen LogP contribution >= 0.6 is 0 Å². The molecular formula is C28H27NO3. The van der Waals surface area contributed by atoms with Crippen molar-refractivity contribution < 1.29 is 14.3 Å². The number of nitrogens with one attached hydrogen (secondary N) is 1. The Kier molecular flexibility index (Phi) is 6.22. The normalized spacial score (nSPS) is 13.0. The Morgan fingerprint density at radius 2 is 1.41 bits per heavy atom. The van der Waals surface area contributed by atoms with E-state index < -0.39 is 12.1 Å². The fraction of sp³-hybridized carbons (Fsp3) is 0.214. The lowest BCUT2D eigenvalue weighted by atomic mass is 9.96. The molecule has 0 aromatic heterocycles. The SMILES string of the molecule is CC[C@@H](C)c1ccccc1NC(=O)[C@@H](C)OC(=O)c1c2ccccc2cc2ccccc12. The van der Waals surface area contributed by atoms with Gasteiger partial charge >= 0.3 is 5.97 Å². The lowest BCUT2D eigenvalue weighted by molar-refractivity contribution is -0.123. The van der Waals surface area contributed by atoms with Crippen molar-refractivity contribution in [3.05, 3.63) is 90.0 Å². The molecule has 0 unspecified atom stereocenters. The van der Waals surface area contributed by atoms with E-state index in [1.54, 1.807) is 6.92 Å². The molecule has 0 aliphatic rings. The Morgan fingerprint density at radius 1 is 0.844 bits per heavy atom. The molecule has 0 radical (unpaired) electrons. The van der Waals surface area contributed by atoms with Crippen molar-refractivity contribution in [3.63, 3.8) is 0 Å². The molecular weight excluding hydrogens is 398 g/mol. The quantitative estimate of drug-likeness (QED) is 0.276. The van der Waals surface area contributed by atoms with Gasteiger partial charge < -0.3 is 10.1 Å². The van der Waals surface area contributed by atoms with Crippen molar-refractivity contribution >= 4 is 39.1 Å². The molecule has 0 fully saturated rings. The molecule has 0 spiro atoms. The second kappa shape index (κ2) is 9.23. The Bertz CT molecular complexity index is 1240. The van der Waals surface area contributed by atoms with Gasteiger partial charge in [-0.05, 0) is 58.5 Å². The third-order valence-corrected chi connectivity index (χ3v) is 5.99. The Labute approximate surface area is 188 Å². The first-order chi connectivity index (χ1) is 15.5. The van der Waals surface area contributed by atoms with Gasteiger partial charge in [-0.1, -0.05) is 80.6 Å². The van der Waals surface area contributed by atoms with Crippen molar-refractivity contribution in [2.24, 2.45) is 0 Å². The fourth-order valence-corrected chi connectivity index (χ4v) is 4.00. The standard InChI is InChI=1S/C28H27NO3/c1-4-18(2)22-13-9-10-16-25(22)29-27(30)19(3)32-28(31)26-23-14-7-5-11-20(23)17-21-12-6-8-15-24(21)26/h5-19H,4H2,1-3H3,(H,29,30)/t18-,19-/m1/s1. The van der Waals surface area contributed by atoms with E-state index in [2.05, 4.69) is 25.2 Å². The number of benzene rings is 4. The average molecular weight is 426 g/mol. The first-order valence-corrected chi connectivity index (χ1v) is 11.0. The van der Waals surface area contributed by atoms with Gasteiger partial charge in [0.05, 0.1) is 5.56 Å². The molecule has 0 aliphatic carbocycles. The summed E-state index contributed by atoms with van der Waals surface area (Å²) in [5.74, 6) is -0.541. The van der Waals surface area contributed by atoms with Crippen LogP contribution in [0.25, 0.3) is 21.5 Å². The van der Waals surface area contributed by atoms with Crippen molar-refractivity contribution in [1.29, 1.82) is 0 Å². The number of hydrogen-bond donors (Lipinski definition) is 1. The Hall–Kier alpha value is -3.66. The predicted molar refractivity (Wildman–Crippen MR) is 130 cm³/mol. The molecule has 2 atom stereocenters. The topological polar surface area (TPSA) is 55.4 Å². The summed E-state index contributed by atoms with van der Waals surface area (Å²) in [6, 6.07) is 25.3. The van der Waals surface area contributed by atoms with Gasteiger partial charge in [-0.2, -0.15) is 0 Å². The van der Waals surface area contributed by atoms with Crippen molar-refractivity contribution in [2.45, 2.75) is 39.2 Å². The highest BCUT2D eigenvalue weighted by molar-refractivity contribution is 6.17. The molecule has 4 heteroatoms. The number of anilines is 1. The molecule has 4 aromatic carbocycles. The van der Waals surface area contributed by atoms with E-state index in [1.165, 1.54) is 0 Å². The number of amides is 1. The maximum Gasteiger partial charge on any atom is 0.340 e. The van der Waals surface area contributed by atoms with E-state index in [4.69, 9.17) is 4.74 Å². The van der Waals surface area contributed by atoms with Gasteiger partial charge in [0, 0.05) is 5.69 Å². The molecule has 0 saturated heterocycles. The van der Waals surface area contributed by atoms with E-state index in [0.717, 1.165) is 39.2 Å². The van der Waals surface area contributed by atoms with E-state index >= 15 is 0 Å². The van der Waals surface area contributed by atoms with Crippen LogP contribution in [0.1, 0.15) is 49.0 Å². The number of rotatable bonds is 6. The molecule has 1 N–H and O–H groups in total.